The molecule has 0 spiro atoms. The van der Waals surface area contributed by atoms with Crippen molar-refractivity contribution in [1.82, 2.24) is 14.5 Å². The number of hydrogen-bond acceptors (Lipinski definition) is 4. The van der Waals surface area contributed by atoms with Crippen LogP contribution in [0.4, 0.5) is 0 Å². The topological polar surface area (TPSA) is 52.6 Å². The second-order valence-electron chi connectivity index (χ2n) is 7.33. The number of benzene rings is 2. The Balaban J connectivity index is 1.42. The van der Waals surface area contributed by atoms with Crippen LogP contribution in [0.15, 0.2) is 60.7 Å². The van der Waals surface area contributed by atoms with E-state index in [0.717, 1.165) is 44.8 Å². The Morgan fingerprint density at radius 3 is 1.96 bits per heavy atom. The Kier molecular flexibility index (Phi) is 7.01. The summed E-state index contributed by atoms with van der Waals surface area (Å²) in [5, 5.41) is 0. The molecule has 1 saturated heterocycles. The predicted octanol–water partition coefficient (Wildman–Crippen LogP) is 2.31. The molecule has 1 aliphatic heterocycles. The van der Waals surface area contributed by atoms with E-state index in [2.05, 4.69) is 38.8 Å². The summed E-state index contributed by atoms with van der Waals surface area (Å²) in [6.07, 6.45) is 0. The lowest BCUT2D eigenvalue weighted by Crippen LogP contribution is -2.50. The number of piperazine rings is 1. The third-order valence-corrected chi connectivity index (χ3v) is 6.30. The van der Waals surface area contributed by atoms with Gasteiger partial charge in [0.1, 0.15) is 0 Å². The molecule has 5 nitrogen and oxygen atoms in total. The van der Waals surface area contributed by atoms with E-state index in [4.69, 9.17) is 0 Å². The number of rotatable bonds is 8. The summed E-state index contributed by atoms with van der Waals surface area (Å²) in [5.41, 5.74) is 2.15. The Morgan fingerprint density at radius 1 is 0.852 bits per heavy atom. The summed E-state index contributed by atoms with van der Waals surface area (Å²) < 4.78 is 27.6. The molecule has 0 aromatic heterocycles. The minimum Gasteiger partial charge on any atom is -0.299 e. The molecule has 1 heterocycles. The Hall–Kier alpha value is -1.73. The van der Waals surface area contributed by atoms with Gasteiger partial charge in [0.25, 0.3) is 0 Å². The number of nitrogens with zero attached hydrogens (tertiary/aromatic N) is 2. The summed E-state index contributed by atoms with van der Waals surface area (Å²) >= 11 is 0. The second kappa shape index (κ2) is 9.46. The van der Waals surface area contributed by atoms with E-state index in [-0.39, 0.29) is 11.8 Å². The van der Waals surface area contributed by atoms with Crippen molar-refractivity contribution in [1.29, 1.82) is 0 Å². The van der Waals surface area contributed by atoms with Crippen molar-refractivity contribution < 1.29 is 8.42 Å². The molecule has 6 heteroatoms. The van der Waals surface area contributed by atoms with Gasteiger partial charge >= 0.3 is 0 Å². The number of nitrogens with one attached hydrogen (secondary N) is 1. The van der Waals surface area contributed by atoms with Crippen LogP contribution in [0.3, 0.4) is 0 Å². The van der Waals surface area contributed by atoms with Crippen molar-refractivity contribution in [3.8, 4) is 0 Å². The highest BCUT2D eigenvalue weighted by Crippen LogP contribution is 2.10. The molecule has 2 aromatic carbocycles. The molecule has 2 aromatic rings. The second-order valence-corrected chi connectivity index (χ2v) is 9.08. The van der Waals surface area contributed by atoms with Gasteiger partial charge in [-0.2, -0.15) is 0 Å². The molecule has 3 rings (SSSR count). The Morgan fingerprint density at radius 2 is 1.37 bits per heavy atom. The first-order chi connectivity index (χ1) is 13.0. The summed E-state index contributed by atoms with van der Waals surface area (Å²) in [7, 11) is -3.32. The van der Waals surface area contributed by atoms with E-state index in [0.29, 0.717) is 0 Å². The zero-order chi connectivity index (χ0) is 19.1. The maximum Gasteiger partial charge on any atom is 0.216 e. The molecule has 1 N–H and O–H groups in total. The normalized spacial score (nSPS) is 17.7. The molecular formula is C21H29N3O2S. The van der Waals surface area contributed by atoms with Gasteiger partial charge in [-0.05, 0) is 18.1 Å². The lowest BCUT2D eigenvalue weighted by molar-refractivity contribution is 0.122. The van der Waals surface area contributed by atoms with Crippen LogP contribution in [-0.2, 0) is 22.3 Å². The molecule has 0 radical (unpaired) electrons. The van der Waals surface area contributed by atoms with Crippen LogP contribution in [0.25, 0.3) is 0 Å². The summed E-state index contributed by atoms with van der Waals surface area (Å²) in [4.78, 5) is 4.80. The van der Waals surface area contributed by atoms with Crippen LogP contribution in [0.2, 0.25) is 0 Å². The van der Waals surface area contributed by atoms with Gasteiger partial charge in [0.15, 0.2) is 0 Å². The molecule has 0 amide bonds. The highest BCUT2D eigenvalue weighted by molar-refractivity contribution is 7.88. The lowest BCUT2D eigenvalue weighted by Gasteiger charge is -2.36. The molecular weight excluding hydrogens is 358 g/mol. The molecule has 0 unspecified atom stereocenters. The van der Waals surface area contributed by atoms with E-state index < -0.39 is 10.0 Å². The zero-order valence-corrected chi connectivity index (χ0v) is 16.7. The predicted molar refractivity (Wildman–Crippen MR) is 110 cm³/mol. The summed E-state index contributed by atoms with van der Waals surface area (Å²) in [5.74, 6) is 0.0308. The fourth-order valence-electron chi connectivity index (χ4n) is 3.54. The first kappa shape index (κ1) is 20.0. The Bertz CT molecular complexity index is 789. The van der Waals surface area contributed by atoms with Crippen LogP contribution in [-0.4, -0.2) is 57.0 Å². The largest absolute Gasteiger partial charge is 0.299 e. The van der Waals surface area contributed by atoms with Crippen LogP contribution in [0, 0.1) is 0 Å². The zero-order valence-electron chi connectivity index (χ0n) is 15.9. The van der Waals surface area contributed by atoms with Gasteiger partial charge in [-0.15, -0.1) is 0 Å². The molecule has 0 bridgehead atoms. The van der Waals surface area contributed by atoms with Gasteiger partial charge in [-0.1, -0.05) is 60.7 Å². The van der Waals surface area contributed by atoms with E-state index in [1.54, 1.807) is 0 Å². The monoisotopic (exact) mass is 387 g/mol. The van der Waals surface area contributed by atoms with Crippen molar-refractivity contribution in [2.45, 2.75) is 25.3 Å². The minimum absolute atomic E-state index is 0.0308. The fraction of sp³-hybridized carbons (Fsp3) is 0.429. The highest BCUT2D eigenvalue weighted by Gasteiger charge is 2.21. The number of sulfonamides is 1. The third kappa shape index (κ3) is 6.74. The molecule has 1 fully saturated rings. The van der Waals surface area contributed by atoms with Crippen molar-refractivity contribution in [3.63, 3.8) is 0 Å². The first-order valence-electron chi connectivity index (χ1n) is 9.53. The SMILES string of the molecule is C[C@@H](CN1CCN(Cc2ccccc2)CC1)NS(=O)(=O)Cc1ccccc1. The van der Waals surface area contributed by atoms with Crippen LogP contribution in [0.1, 0.15) is 18.1 Å². The van der Waals surface area contributed by atoms with Crippen molar-refractivity contribution >= 4 is 10.0 Å². The maximum atomic E-state index is 12.4. The smallest absolute Gasteiger partial charge is 0.216 e. The van der Waals surface area contributed by atoms with Crippen LogP contribution >= 0.6 is 0 Å². The van der Waals surface area contributed by atoms with Gasteiger partial charge in [0.2, 0.25) is 10.0 Å². The average Bonchev–Trinajstić information content (AvgIpc) is 2.64. The van der Waals surface area contributed by atoms with E-state index in [1.807, 2.05) is 43.3 Å². The molecule has 0 aliphatic carbocycles. The van der Waals surface area contributed by atoms with Crippen LogP contribution < -0.4 is 4.72 Å². The molecule has 146 valence electrons. The van der Waals surface area contributed by atoms with E-state index in [1.165, 1.54) is 5.56 Å². The minimum atomic E-state index is -3.32. The lowest BCUT2D eigenvalue weighted by atomic mass is 10.2. The Labute approximate surface area is 163 Å². The highest BCUT2D eigenvalue weighted by atomic mass is 32.2. The van der Waals surface area contributed by atoms with Gasteiger partial charge in [-0.25, -0.2) is 13.1 Å². The van der Waals surface area contributed by atoms with Gasteiger partial charge < -0.3 is 0 Å². The summed E-state index contributed by atoms with van der Waals surface area (Å²) in [6, 6.07) is 19.7. The van der Waals surface area contributed by atoms with Gasteiger partial charge in [-0.3, -0.25) is 9.80 Å². The first-order valence-corrected chi connectivity index (χ1v) is 11.2. The van der Waals surface area contributed by atoms with Crippen molar-refractivity contribution in [2.24, 2.45) is 0 Å². The van der Waals surface area contributed by atoms with E-state index >= 15 is 0 Å². The van der Waals surface area contributed by atoms with Crippen molar-refractivity contribution in [3.05, 3.63) is 71.8 Å². The quantitative estimate of drug-likeness (QED) is 0.755. The van der Waals surface area contributed by atoms with E-state index in [9.17, 15) is 8.42 Å². The number of hydrogen-bond donors (Lipinski definition) is 1. The fourth-order valence-corrected chi connectivity index (χ4v) is 4.94. The van der Waals surface area contributed by atoms with Gasteiger partial charge in [0.05, 0.1) is 5.75 Å². The molecule has 27 heavy (non-hydrogen) atoms. The summed E-state index contributed by atoms with van der Waals surface area (Å²) in [6.45, 7) is 7.63. The van der Waals surface area contributed by atoms with Crippen molar-refractivity contribution in [2.75, 3.05) is 32.7 Å². The molecule has 1 atom stereocenters. The molecule has 1 aliphatic rings. The van der Waals surface area contributed by atoms with Gasteiger partial charge in [0, 0.05) is 45.3 Å². The third-order valence-electron chi connectivity index (χ3n) is 4.83. The average molecular weight is 388 g/mol. The van der Waals surface area contributed by atoms with Crippen LogP contribution in [0.5, 0.6) is 0 Å². The molecule has 0 saturated carbocycles. The maximum absolute atomic E-state index is 12.4. The standard InChI is InChI=1S/C21H29N3O2S/c1-19(22-27(25,26)18-21-10-6-3-7-11-21)16-23-12-14-24(15-13-23)17-20-8-4-2-5-9-20/h2-11,19,22H,12-18H2,1H3/t19-/m0/s1.